The summed E-state index contributed by atoms with van der Waals surface area (Å²) in [5.41, 5.74) is 0. The van der Waals surface area contributed by atoms with E-state index in [0.717, 1.165) is 31.3 Å². The van der Waals surface area contributed by atoms with Gasteiger partial charge in [-0.15, -0.1) is 24.2 Å². The van der Waals surface area contributed by atoms with Crippen molar-refractivity contribution in [3.05, 3.63) is 0 Å². The van der Waals surface area contributed by atoms with E-state index in [9.17, 15) is 4.79 Å². The Balaban J connectivity index is 0.00000256. The Morgan fingerprint density at radius 3 is 2.94 bits per heavy atom. The zero-order chi connectivity index (χ0) is 11.8. The third kappa shape index (κ3) is 7.86. The van der Waals surface area contributed by atoms with Gasteiger partial charge in [0.1, 0.15) is 0 Å². The number of hydrogen-bond acceptors (Lipinski definition) is 4. The van der Waals surface area contributed by atoms with Gasteiger partial charge in [-0.1, -0.05) is 13.8 Å². The normalized spacial score (nSPS) is 19.1. The van der Waals surface area contributed by atoms with Crippen LogP contribution in [0.5, 0.6) is 0 Å². The van der Waals surface area contributed by atoms with Gasteiger partial charge < -0.3 is 10.1 Å². The predicted molar refractivity (Wildman–Crippen MR) is 74.8 cm³/mol. The molecule has 1 amide bonds. The predicted octanol–water partition coefficient (Wildman–Crippen LogP) is 1.25. The maximum Gasteiger partial charge on any atom is 0.238 e. The number of carbonyl (C=O) groups excluding carboxylic acids is 1. The lowest BCUT2D eigenvalue weighted by atomic mass is 10.2. The van der Waals surface area contributed by atoms with Crippen LogP contribution in [0, 0.1) is 5.92 Å². The zero-order valence-corrected chi connectivity index (χ0v) is 12.2. The van der Waals surface area contributed by atoms with E-state index in [0.29, 0.717) is 12.5 Å². The second-order valence-electron chi connectivity index (χ2n) is 4.39. The smallest absolute Gasteiger partial charge is 0.238 e. The molecule has 0 aliphatic carbocycles. The van der Waals surface area contributed by atoms with E-state index >= 15 is 0 Å². The highest BCUT2D eigenvalue weighted by atomic mass is 35.5. The summed E-state index contributed by atoms with van der Waals surface area (Å²) in [6.45, 7) is 6.50. The molecule has 1 fully saturated rings. The molecule has 1 saturated heterocycles. The van der Waals surface area contributed by atoms with Crippen molar-refractivity contribution in [2.24, 2.45) is 5.92 Å². The summed E-state index contributed by atoms with van der Waals surface area (Å²) >= 11 is 1.76. The van der Waals surface area contributed by atoms with Crippen LogP contribution >= 0.6 is 24.2 Å². The van der Waals surface area contributed by atoms with Gasteiger partial charge in [0.25, 0.3) is 0 Å². The lowest BCUT2D eigenvalue weighted by Crippen LogP contribution is -2.42. The molecule has 4 nitrogen and oxygen atoms in total. The van der Waals surface area contributed by atoms with E-state index in [1.165, 1.54) is 0 Å². The molecule has 1 rings (SSSR count). The average Bonchev–Trinajstić information content (AvgIpc) is 2.75. The highest BCUT2D eigenvalue weighted by Gasteiger charge is 2.21. The lowest BCUT2D eigenvalue weighted by molar-refractivity contribution is -0.122. The Morgan fingerprint density at radius 2 is 2.35 bits per heavy atom. The van der Waals surface area contributed by atoms with Gasteiger partial charge >= 0.3 is 0 Å². The second kappa shape index (κ2) is 10.00. The van der Waals surface area contributed by atoms with Gasteiger partial charge in [-0.3, -0.25) is 10.1 Å². The van der Waals surface area contributed by atoms with Gasteiger partial charge in [-0.05, 0) is 12.3 Å². The van der Waals surface area contributed by atoms with Crippen LogP contribution in [-0.2, 0) is 9.53 Å². The molecular weight excluding hydrogens is 260 g/mol. The largest absolute Gasteiger partial charge is 0.381 e. The molecule has 1 heterocycles. The summed E-state index contributed by atoms with van der Waals surface area (Å²) in [4.78, 5) is 11.6. The van der Waals surface area contributed by atoms with Crippen LogP contribution in [0.3, 0.4) is 0 Å². The third-order valence-electron chi connectivity index (χ3n) is 2.25. The molecule has 0 aromatic carbocycles. The van der Waals surface area contributed by atoms with E-state index in [1.54, 1.807) is 11.8 Å². The van der Waals surface area contributed by atoms with Crippen molar-refractivity contribution in [3.8, 4) is 0 Å². The van der Waals surface area contributed by atoms with E-state index < -0.39 is 0 Å². The molecule has 17 heavy (non-hydrogen) atoms. The molecular formula is C11H23ClN2O2S. The summed E-state index contributed by atoms with van der Waals surface area (Å²) < 4.78 is 5.43. The topological polar surface area (TPSA) is 50.4 Å². The highest BCUT2D eigenvalue weighted by molar-refractivity contribution is 7.99. The fourth-order valence-electron chi connectivity index (χ4n) is 1.39. The van der Waals surface area contributed by atoms with Crippen molar-refractivity contribution < 1.29 is 9.53 Å². The van der Waals surface area contributed by atoms with Crippen molar-refractivity contribution in [1.82, 2.24) is 10.6 Å². The van der Waals surface area contributed by atoms with Crippen LogP contribution in [-0.4, -0.2) is 43.3 Å². The van der Waals surface area contributed by atoms with Gasteiger partial charge in [-0.25, -0.2) is 0 Å². The number of thioether (sulfide) groups is 1. The minimum absolute atomic E-state index is 0. The molecule has 0 bridgehead atoms. The van der Waals surface area contributed by atoms with Crippen LogP contribution in [0.1, 0.15) is 20.3 Å². The van der Waals surface area contributed by atoms with E-state index in [2.05, 4.69) is 24.5 Å². The SMILES string of the molecule is CC(C)COCCCNC(=O)C1CSCN1.Cl. The number of hydrogen-bond donors (Lipinski definition) is 2. The Kier molecular flexibility index (Phi) is 10.0. The first kappa shape index (κ1) is 17.0. The molecule has 0 saturated carbocycles. The quantitative estimate of drug-likeness (QED) is 0.690. The van der Waals surface area contributed by atoms with E-state index in [-0.39, 0.29) is 24.4 Å². The van der Waals surface area contributed by atoms with Crippen molar-refractivity contribution in [3.63, 3.8) is 0 Å². The number of amides is 1. The fraction of sp³-hybridized carbons (Fsp3) is 0.909. The first-order chi connectivity index (χ1) is 7.70. The Bertz CT molecular complexity index is 212. The first-order valence-electron chi connectivity index (χ1n) is 5.86. The number of halogens is 1. The minimum Gasteiger partial charge on any atom is -0.381 e. The molecule has 1 aliphatic heterocycles. The van der Waals surface area contributed by atoms with Crippen LogP contribution in [0.25, 0.3) is 0 Å². The van der Waals surface area contributed by atoms with Gasteiger partial charge in [0, 0.05) is 31.4 Å². The molecule has 0 aromatic heterocycles. The summed E-state index contributed by atoms with van der Waals surface area (Å²) in [7, 11) is 0. The van der Waals surface area contributed by atoms with Crippen LogP contribution in [0.4, 0.5) is 0 Å². The van der Waals surface area contributed by atoms with Crippen LogP contribution < -0.4 is 10.6 Å². The summed E-state index contributed by atoms with van der Waals surface area (Å²) in [6.07, 6.45) is 0.887. The maximum absolute atomic E-state index is 11.6. The lowest BCUT2D eigenvalue weighted by Gasteiger charge is -2.11. The highest BCUT2D eigenvalue weighted by Crippen LogP contribution is 2.09. The summed E-state index contributed by atoms with van der Waals surface area (Å²) in [5.74, 6) is 2.47. The third-order valence-corrected chi connectivity index (χ3v) is 3.19. The monoisotopic (exact) mass is 282 g/mol. The number of carbonyl (C=O) groups is 1. The molecule has 0 radical (unpaired) electrons. The fourth-order valence-corrected chi connectivity index (χ4v) is 2.33. The van der Waals surface area contributed by atoms with Crippen molar-refractivity contribution in [1.29, 1.82) is 0 Å². The molecule has 0 aromatic rings. The number of nitrogens with one attached hydrogen (secondary N) is 2. The van der Waals surface area contributed by atoms with Crippen LogP contribution in [0.15, 0.2) is 0 Å². The molecule has 1 unspecified atom stereocenters. The molecule has 2 N–H and O–H groups in total. The number of ether oxygens (including phenoxy) is 1. The van der Waals surface area contributed by atoms with Crippen molar-refractivity contribution in [2.45, 2.75) is 26.3 Å². The van der Waals surface area contributed by atoms with Gasteiger partial charge in [0.2, 0.25) is 5.91 Å². The van der Waals surface area contributed by atoms with Crippen LogP contribution in [0.2, 0.25) is 0 Å². The molecule has 1 aliphatic rings. The molecule has 6 heteroatoms. The summed E-state index contributed by atoms with van der Waals surface area (Å²) in [5, 5.41) is 6.06. The van der Waals surface area contributed by atoms with Gasteiger partial charge in [0.05, 0.1) is 6.04 Å². The van der Waals surface area contributed by atoms with Gasteiger partial charge in [-0.2, -0.15) is 0 Å². The Labute approximate surface area is 114 Å². The second-order valence-corrected chi connectivity index (χ2v) is 5.42. The Hall–Kier alpha value is 0.0300. The average molecular weight is 283 g/mol. The first-order valence-corrected chi connectivity index (χ1v) is 7.02. The molecule has 102 valence electrons. The van der Waals surface area contributed by atoms with Crippen molar-refractivity contribution in [2.75, 3.05) is 31.4 Å². The number of rotatable bonds is 7. The van der Waals surface area contributed by atoms with Gasteiger partial charge in [0.15, 0.2) is 0 Å². The molecule has 0 spiro atoms. The maximum atomic E-state index is 11.6. The minimum atomic E-state index is 0. The van der Waals surface area contributed by atoms with E-state index in [1.807, 2.05) is 0 Å². The zero-order valence-electron chi connectivity index (χ0n) is 10.5. The summed E-state index contributed by atoms with van der Waals surface area (Å²) in [6, 6.07) is 0.00147. The van der Waals surface area contributed by atoms with E-state index in [4.69, 9.17) is 4.74 Å². The molecule has 1 atom stereocenters. The Morgan fingerprint density at radius 1 is 1.59 bits per heavy atom. The standard InChI is InChI=1S/C11H22N2O2S.ClH/c1-9(2)6-15-5-3-4-12-11(14)10-7-16-8-13-10;/h9-10,13H,3-8H2,1-2H3,(H,12,14);1H. The van der Waals surface area contributed by atoms with Crippen molar-refractivity contribution >= 4 is 30.1 Å².